The van der Waals surface area contributed by atoms with Crippen LogP contribution in [0.4, 0.5) is 5.69 Å². The van der Waals surface area contributed by atoms with Gasteiger partial charge in [-0.15, -0.1) is 0 Å². The van der Waals surface area contributed by atoms with E-state index in [4.69, 9.17) is 16.3 Å². The lowest BCUT2D eigenvalue weighted by molar-refractivity contribution is -0.154. The van der Waals surface area contributed by atoms with Gasteiger partial charge >= 0.3 is 5.97 Å². The second-order valence-corrected chi connectivity index (χ2v) is 11.7. The number of sulfonamides is 1. The van der Waals surface area contributed by atoms with E-state index in [0.717, 1.165) is 31.6 Å². The predicted molar refractivity (Wildman–Crippen MR) is 122 cm³/mol. The highest BCUT2D eigenvalue weighted by Crippen LogP contribution is 2.49. The van der Waals surface area contributed by atoms with Gasteiger partial charge in [-0.05, 0) is 75.0 Å². The number of hydrogen-bond acceptors (Lipinski definition) is 5. The highest BCUT2D eigenvalue weighted by atomic mass is 35.5. The van der Waals surface area contributed by atoms with Crippen molar-refractivity contribution in [3.8, 4) is 0 Å². The van der Waals surface area contributed by atoms with Crippen LogP contribution in [0.15, 0.2) is 23.1 Å². The van der Waals surface area contributed by atoms with Gasteiger partial charge in [0.1, 0.15) is 0 Å². The number of anilines is 1. The predicted octanol–water partition coefficient (Wildman–Crippen LogP) is 4.21. The lowest BCUT2D eigenvalue weighted by Crippen LogP contribution is -2.35. The smallest absolute Gasteiger partial charge is 0.306 e. The number of amides is 1. The normalized spacial score (nSPS) is 26.6. The van der Waals surface area contributed by atoms with Crippen LogP contribution in [0.1, 0.15) is 58.3 Å². The molecule has 1 aliphatic heterocycles. The van der Waals surface area contributed by atoms with Crippen molar-refractivity contribution >= 4 is 39.2 Å². The maximum atomic E-state index is 12.9. The molecule has 32 heavy (non-hydrogen) atoms. The minimum absolute atomic E-state index is 0.0834. The van der Waals surface area contributed by atoms with Crippen molar-refractivity contribution in [3.05, 3.63) is 23.2 Å². The van der Waals surface area contributed by atoms with Crippen molar-refractivity contribution in [2.75, 3.05) is 18.4 Å². The van der Waals surface area contributed by atoms with E-state index in [-0.39, 0.29) is 21.6 Å². The van der Waals surface area contributed by atoms with Crippen LogP contribution in [0.5, 0.6) is 0 Å². The Hall–Kier alpha value is -1.64. The molecule has 1 N–H and O–H groups in total. The third kappa shape index (κ3) is 5.13. The van der Waals surface area contributed by atoms with Crippen LogP contribution in [-0.4, -0.2) is 43.8 Å². The SMILES string of the molecule is CC(OC(=O)CC1CC2CCC1C2)C(=O)Nc1cc(S(=O)(=O)N2CCCCC2)ccc1Cl. The summed E-state index contributed by atoms with van der Waals surface area (Å²) in [4.78, 5) is 25.1. The first-order valence-corrected chi connectivity index (χ1v) is 13.4. The number of benzene rings is 1. The van der Waals surface area contributed by atoms with E-state index >= 15 is 0 Å². The van der Waals surface area contributed by atoms with Gasteiger partial charge in [0, 0.05) is 19.5 Å². The summed E-state index contributed by atoms with van der Waals surface area (Å²) in [7, 11) is -3.66. The second kappa shape index (κ2) is 9.69. The van der Waals surface area contributed by atoms with Gasteiger partial charge in [-0.25, -0.2) is 8.42 Å². The summed E-state index contributed by atoms with van der Waals surface area (Å²) in [5, 5.41) is 2.84. The first-order chi connectivity index (χ1) is 15.2. The minimum Gasteiger partial charge on any atom is -0.453 e. The molecule has 1 saturated heterocycles. The molecular weight excluding hydrogens is 452 g/mol. The summed E-state index contributed by atoms with van der Waals surface area (Å²) in [5.74, 6) is 0.815. The largest absolute Gasteiger partial charge is 0.453 e. The average Bonchev–Trinajstić information content (AvgIpc) is 3.39. The van der Waals surface area contributed by atoms with Crippen molar-refractivity contribution in [1.82, 2.24) is 4.31 Å². The Morgan fingerprint density at radius 3 is 2.59 bits per heavy atom. The Morgan fingerprint density at radius 2 is 1.94 bits per heavy atom. The first kappa shape index (κ1) is 23.5. The highest BCUT2D eigenvalue weighted by Gasteiger charge is 2.40. The highest BCUT2D eigenvalue weighted by molar-refractivity contribution is 7.89. The molecule has 176 valence electrons. The van der Waals surface area contributed by atoms with Gasteiger partial charge in [0.2, 0.25) is 10.0 Å². The van der Waals surface area contributed by atoms with E-state index < -0.39 is 22.0 Å². The maximum absolute atomic E-state index is 12.9. The third-order valence-corrected chi connectivity index (χ3v) is 9.36. The monoisotopic (exact) mass is 482 g/mol. The molecule has 1 heterocycles. The molecule has 2 aliphatic carbocycles. The van der Waals surface area contributed by atoms with Crippen molar-refractivity contribution in [2.45, 2.75) is 69.3 Å². The van der Waals surface area contributed by atoms with E-state index in [9.17, 15) is 18.0 Å². The molecule has 3 aliphatic rings. The zero-order chi connectivity index (χ0) is 22.9. The summed E-state index contributed by atoms with van der Waals surface area (Å²) in [6.07, 6.45) is 6.78. The number of halogens is 1. The Balaban J connectivity index is 1.36. The van der Waals surface area contributed by atoms with Gasteiger partial charge in [-0.1, -0.05) is 24.4 Å². The molecule has 0 aromatic heterocycles. The fourth-order valence-electron chi connectivity index (χ4n) is 5.39. The Kier molecular flexibility index (Phi) is 7.12. The molecule has 2 saturated carbocycles. The zero-order valence-corrected chi connectivity index (χ0v) is 20.0. The molecule has 1 aromatic rings. The molecule has 7 nitrogen and oxygen atoms in total. The van der Waals surface area contributed by atoms with Crippen LogP contribution in [-0.2, 0) is 24.3 Å². The Morgan fingerprint density at radius 1 is 1.19 bits per heavy atom. The molecule has 1 amide bonds. The van der Waals surface area contributed by atoms with Gasteiger partial charge < -0.3 is 10.1 Å². The standard InChI is InChI=1S/C23H31ClN2O5S/c1-15(31-22(27)13-18-12-16-5-6-17(18)11-16)23(28)25-21-14-19(7-8-20(21)24)32(29,30)26-9-3-2-4-10-26/h7-8,14-18H,2-6,9-13H2,1H3,(H,25,28). The molecule has 9 heteroatoms. The van der Waals surface area contributed by atoms with E-state index in [1.807, 2.05) is 0 Å². The fraction of sp³-hybridized carbons (Fsp3) is 0.652. The van der Waals surface area contributed by atoms with Gasteiger partial charge in [0.15, 0.2) is 6.10 Å². The van der Waals surface area contributed by atoms with Crippen LogP contribution < -0.4 is 5.32 Å². The average molecular weight is 483 g/mol. The number of piperidine rings is 1. The molecule has 2 bridgehead atoms. The molecule has 4 atom stereocenters. The van der Waals surface area contributed by atoms with Crippen LogP contribution in [0.3, 0.4) is 0 Å². The summed E-state index contributed by atoms with van der Waals surface area (Å²) in [6, 6.07) is 4.27. The van der Waals surface area contributed by atoms with Crippen molar-refractivity contribution in [2.24, 2.45) is 17.8 Å². The van der Waals surface area contributed by atoms with E-state index in [1.165, 1.54) is 48.7 Å². The minimum atomic E-state index is -3.66. The summed E-state index contributed by atoms with van der Waals surface area (Å²) < 4.78 is 32.7. The molecule has 0 spiro atoms. The number of carbonyl (C=O) groups excluding carboxylic acids is 2. The Bertz CT molecular complexity index is 977. The van der Waals surface area contributed by atoms with Gasteiger partial charge in [-0.3, -0.25) is 9.59 Å². The zero-order valence-electron chi connectivity index (χ0n) is 18.4. The van der Waals surface area contributed by atoms with Crippen molar-refractivity contribution in [1.29, 1.82) is 0 Å². The quantitative estimate of drug-likeness (QED) is 0.587. The number of esters is 1. The Labute approximate surface area is 194 Å². The molecule has 4 rings (SSSR count). The van der Waals surface area contributed by atoms with Crippen LogP contribution in [0.25, 0.3) is 0 Å². The van der Waals surface area contributed by atoms with Crippen LogP contribution in [0.2, 0.25) is 5.02 Å². The first-order valence-electron chi connectivity index (χ1n) is 11.5. The number of nitrogens with one attached hydrogen (secondary N) is 1. The number of fused-ring (bicyclic) bond motifs is 2. The lowest BCUT2D eigenvalue weighted by atomic mass is 9.86. The van der Waals surface area contributed by atoms with E-state index in [2.05, 4.69) is 5.32 Å². The number of ether oxygens (including phenoxy) is 1. The van der Waals surface area contributed by atoms with Gasteiger partial charge in [-0.2, -0.15) is 4.31 Å². The number of carbonyl (C=O) groups is 2. The molecule has 3 fully saturated rings. The van der Waals surface area contributed by atoms with Crippen LogP contribution in [0, 0.1) is 17.8 Å². The van der Waals surface area contributed by atoms with Crippen molar-refractivity contribution in [3.63, 3.8) is 0 Å². The molecule has 0 radical (unpaired) electrons. The van der Waals surface area contributed by atoms with Crippen molar-refractivity contribution < 1.29 is 22.7 Å². The number of hydrogen-bond donors (Lipinski definition) is 1. The lowest BCUT2D eigenvalue weighted by Gasteiger charge is -2.26. The second-order valence-electron chi connectivity index (χ2n) is 9.37. The molecule has 1 aromatic carbocycles. The fourth-order valence-corrected chi connectivity index (χ4v) is 7.10. The third-order valence-electron chi connectivity index (χ3n) is 7.14. The molecule has 4 unspecified atom stereocenters. The van der Waals surface area contributed by atoms with E-state index in [1.54, 1.807) is 0 Å². The summed E-state index contributed by atoms with van der Waals surface area (Å²) in [5.41, 5.74) is 0.186. The van der Waals surface area contributed by atoms with E-state index in [0.29, 0.717) is 31.3 Å². The summed E-state index contributed by atoms with van der Waals surface area (Å²) in [6.45, 7) is 2.49. The van der Waals surface area contributed by atoms with Crippen LogP contribution >= 0.6 is 11.6 Å². The topological polar surface area (TPSA) is 92.8 Å². The van der Waals surface area contributed by atoms with Gasteiger partial charge in [0.25, 0.3) is 5.91 Å². The summed E-state index contributed by atoms with van der Waals surface area (Å²) >= 11 is 6.21. The maximum Gasteiger partial charge on any atom is 0.306 e. The molecular formula is C23H31ClN2O5S. The number of nitrogens with zero attached hydrogens (tertiary/aromatic N) is 1. The number of rotatable bonds is 7. The van der Waals surface area contributed by atoms with Gasteiger partial charge in [0.05, 0.1) is 15.6 Å².